The highest BCUT2D eigenvalue weighted by Gasteiger charge is 2.16. The van der Waals surface area contributed by atoms with Gasteiger partial charge in [0.05, 0.1) is 6.61 Å². The smallest absolute Gasteiger partial charge is 0.306 e. The van der Waals surface area contributed by atoms with E-state index in [0.717, 1.165) is 64.2 Å². The Hall–Kier alpha value is -2.14. The highest BCUT2D eigenvalue weighted by molar-refractivity contribution is 5.70. The maximum Gasteiger partial charge on any atom is 0.306 e. The number of rotatable bonds is 36. The van der Waals surface area contributed by atoms with Crippen molar-refractivity contribution in [2.24, 2.45) is 0 Å². The molecular formula is C43H76O5. The third-order valence-electron chi connectivity index (χ3n) is 8.60. The Labute approximate surface area is 297 Å². The second kappa shape index (κ2) is 39.3. The van der Waals surface area contributed by atoms with E-state index in [1.54, 1.807) is 0 Å². The summed E-state index contributed by atoms with van der Waals surface area (Å²) in [7, 11) is 0. The van der Waals surface area contributed by atoms with Crippen LogP contribution in [0.3, 0.4) is 0 Å². The topological polar surface area (TPSA) is 72.8 Å². The minimum absolute atomic E-state index is 0.0737. The minimum Gasteiger partial charge on any atom is -0.462 e. The molecule has 0 aromatic carbocycles. The van der Waals surface area contributed by atoms with Crippen LogP contribution >= 0.6 is 0 Å². The van der Waals surface area contributed by atoms with Gasteiger partial charge in [0.25, 0.3) is 0 Å². The van der Waals surface area contributed by atoms with E-state index in [9.17, 15) is 14.7 Å². The number of esters is 2. The second-order valence-corrected chi connectivity index (χ2v) is 13.4. The first-order valence-corrected chi connectivity index (χ1v) is 20.2. The third kappa shape index (κ3) is 36.7. The average Bonchev–Trinajstić information content (AvgIpc) is 3.09. The van der Waals surface area contributed by atoms with Gasteiger partial charge in [-0.15, -0.1) is 0 Å². The zero-order valence-electron chi connectivity index (χ0n) is 31.5. The summed E-state index contributed by atoms with van der Waals surface area (Å²) in [4.78, 5) is 24.3. The maximum atomic E-state index is 12.2. The van der Waals surface area contributed by atoms with Gasteiger partial charge in [0.2, 0.25) is 0 Å². The number of hydrogen-bond donors (Lipinski definition) is 1. The number of carbonyl (C=O) groups excluding carboxylic acids is 2. The molecule has 0 radical (unpaired) electrons. The Morgan fingerprint density at radius 2 is 0.833 bits per heavy atom. The fourth-order valence-corrected chi connectivity index (χ4v) is 5.50. The van der Waals surface area contributed by atoms with E-state index in [1.165, 1.54) is 103 Å². The average molecular weight is 673 g/mol. The molecule has 48 heavy (non-hydrogen) atoms. The first kappa shape index (κ1) is 45.9. The molecule has 0 rings (SSSR count). The first-order chi connectivity index (χ1) is 23.6. The van der Waals surface area contributed by atoms with Crippen molar-refractivity contribution >= 4 is 11.9 Å². The molecule has 1 N–H and O–H groups in total. The van der Waals surface area contributed by atoms with Gasteiger partial charge in [-0.3, -0.25) is 9.59 Å². The number of aliphatic hydroxyl groups is 1. The standard InChI is InChI=1S/C43H76O5/c1-3-5-7-9-11-13-15-17-19-21-23-25-27-29-31-33-35-37-42(45)47-40-41(39-44)48-43(46)38-36-34-32-30-28-26-24-22-20-18-16-14-12-10-8-6-4-2/h11-14,17-20,41,44H,3-10,15-16,21-40H2,1-2H3/t41-/m0/s1. The molecule has 0 fully saturated rings. The van der Waals surface area contributed by atoms with Crippen molar-refractivity contribution in [1.29, 1.82) is 0 Å². The van der Waals surface area contributed by atoms with Crippen LogP contribution in [0.1, 0.15) is 194 Å². The molecule has 0 bridgehead atoms. The number of allylic oxidation sites excluding steroid dienone is 8. The fraction of sp³-hybridized carbons (Fsp3) is 0.767. The molecule has 0 aliphatic heterocycles. The second-order valence-electron chi connectivity index (χ2n) is 13.4. The van der Waals surface area contributed by atoms with E-state index in [2.05, 4.69) is 62.5 Å². The molecule has 0 saturated carbocycles. The number of hydrogen-bond acceptors (Lipinski definition) is 5. The van der Waals surface area contributed by atoms with Crippen LogP contribution in [0, 0.1) is 0 Å². The number of ether oxygens (including phenoxy) is 2. The molecule has 1 atom stereocenters. The quantitative estimate of drug-likeness (QED) is 0.0407. The maximum absolute atomic E-state index is 12.2. The van der Waals surface area contributed by atoms with Gasteiger partial charge in [-0.25, -0.2) is 0 Å². The number of aliphatic hydroxyl groups excluding tert-OH is 1. The summed E-state index contributed by atoms with van der Waals surface area (Å²) >= 11 is 0. The van der Waals surface area contributed by atoms with Gasteiger partial charge in [-0.2, -0.15) is 0 Å². The molecule has 5 nitrogen and oxygen atoms in total. The van der Waals surface area contributed by atoms with Crippen molar-refractivity contribution in [2.45, 2.75) is 200 Å². The predicted octanol–water partition coefficient (Wildman–Crippen LogP) is 12.6. The summed E-state index contributed by atoms with van der Waals surface area (Å²) in [5.41, 5.74) is 0. The monoisotopic (exact) mass is 673 g/mol. The lowest BCUT2D eigenvalue weighted by Gasteiger charge is -2.15. The minimum atomic E-state index is -0.779. The van der Waals surface area contributed by atoms with E-state index in [0.29, 0.717) is 12.8 Å². The molecule has 0 aromatic rings. The zero-order valence-corrected chi connectivity index (χ0v) is 31.5. The van der Waals surface area contributed by atoms with E-state index < -0.39 is 6.10 Å². The summed E-state index contributed by atoms with van der Waals surface area (Å²) in [6.45, 7) is 4.07. The third-order valence-corrected chi connectivity index (χ3v) is 8.60. The lowest BCUT2D eigenvalue weighted by atomic mass is 10.1. The summed E-state index contributed by atoms with van der Waals surface area (Å²) in [6, 6.07) is 0. The van der Waals surface area contributed by atoms with Crippen LogP contribution in [0.2, 0.25) is 0 Å². The van der Waals surface area contributed by atoms with Crippen molar-refractivity contribution in [3.63, 3.8) is 0 Å². The van der Waals surface area contributed by atoms with Gasteiger partial charge in [0.15, 0.2) is 6.10 Å². The fourth-order valence-electron chi connectivity index (χ4n) is 5.50. The van der Waals surface area contributed by atoms with Crippen LogP contribution in [0.5, 0.6) is 0 Å². The van der Waals surface area contributed by atoms with Gasteiger partial charge in [0, 0.05) is 12.8 Å². The normalized spacial score (nSPS) is 12.6. The molecule has 0 amide bonds. The number of carbonyl (C=O) groups is 2. The molecule has 5 heteroatoms. The Bertz CT molecular complexity index is 812. The van der Waals surface area contributed by atoms with Crippen molar-refractivity contribution in [1.82, 2.24) is 0 Å². The lowest BCUT2D eigenvalue weighted by Crippen LogP contribution is -2.28. The molecule has 0 aromatic heterocycles. The first-order valence-electron chi connectivity index (χ1n) is 20.2. The van der Waals surface area contributed by atoms with Crippen LogP contribution < -0.4 is 0 Å². The molecule has 0 unspecified atom stereocenters. The number of unbranched alkanes of at least 4 members (excludes halogenated alkanes) is 20. The van der Waals surface area contributed by atoms with E-state index in [1.807, 2.05) is 0 Å². The van der Waals surface area contributed by atoms with Gasteiger partial charge >= 0.3 is 11.9 Å². The van der Waals surface area contributed by atoms with Crippen molar-refractivity contribution in [2.75, 3.05) is 13.2 Å². The predicted molar refractivity (Wildman–Crippen MR) is 205 cm³/mol. The zero-order chi connectivity index (χ0) is 35.0. The van der Waals surface area contributed by atoms with Crippen LogP contribution in [0.4, 0.5) is 0 Å². The Kier molecular flexibility index (Phi) is 37.5. The summed E-state index contributed by atoms with van der Waals surface area (Å²) < 4.78 is 10.6. The highest BCUT2D eigenvalue weighted by atomic mass is 16.6. The van der Waals surface area contributed by atoms with Crippen molar-refractivity contribution in [3.8, 4) is 0 Å². The van der Waals surface area contributed by atoms with Crippen molar-refractivity contribution < 1.29 is 24.2 Å². The lowest BCUT2D eigenvalue weighted by molar-refractivity contribution is -0.161. The molecule has 0 spiro atoms. The van der Waals surface area contributed by atoms with Gasteiger partial charge in [-0.1, -0.05) is 152 Å². The van der Waals surface area contributed by atoms with Gasteiger partial charge < -0.3 is 14.6 Å². The molecule has 278 valence electrons. The largest absolute Gasteiger partial charge is 0.462 e. The SMILES string of the molecule is CCCCCC=CCC=CCCCCCCCCCC(=O)OC[C@H](CO)OC(=O)CCCCCCCCCC=CCC=CCCCCC. The summed E-state index contributed by atoms with van der Waals surface area (Å²) in [5.74, 6) is -0.609. The molecular weight excluding hydrogens is 596 g/mol. The van der Waals surface area contributed by atoms with Crippen LogP contribution in [-0.2, 0) is 19.1 Å². The van der Waals surface area contributed by atoms with Gasteiger partial charge in [0.1, 0.15) is 6.61 Å². The molecule has 0 saturated heterocycles. The van der Waals surface area contributed by atoms with E-state index in [4.69, 9.17) is 9.47 Å². The Balaban J connectivity index is 3.58. The summed E-state index contributed by atoms with van der Waals surface area (Å²) in [6.07, 6.45) is 48.8. The highest BCUT2D eigenvalue weighted by Crippen LogP contribution is 2.13. The Morgan fingerprint density at radius 1 is 0.479 bits per heavy atom. The molecule has 0 aliphatic carbocycles. The van der Waals surface area contributed by atoms with E-state index in [-0.39, 0.29) is 25.2 Å². The van der Waals surface area contributed by atoms with Crippen molar-refractivity contribution in [3.05, 3.63) is 48.6 Å². The van der Waals surface area contributed by atoms with Gasteiger partial charge in [-0.05, 0) is 77.0 Å². The molecule has 0 heterocycles. The van der Waals surface area contributed by atoms with Crippen LogP contribution in [-0.4, -0.2) is 36.4 Å². The molecule has 0 aliphatic rings. The summed E-state index contributed by atoms with van der Waals surface area (Å²) in [5, 5.41) is 9.56. The van der Waals surface area contributed by atoms with Crippen LogP contribution in [0.25, 0.3) is 0 Å². The Morgan fingerprint density at radius 3 is 1.23 bits per heavy atom. The van der Waals surface area contributed by atoms with Crippen LogP contribution in [0.15, 0.2) is 48.6 Å². The van der Waals surface area contributed by atoms with E-state index >= 15 is 0 Å².